The average molecular weight is 409 g/mol. The SMILES string of the molecule is Cc1ccc(C(=O)Nn2c(O)c(C3=c4cccc(C)c4=NC3=O)sc2=S)cc1. The van der Waals surface area contributed by atoms with Gasteiger partial charge in [-0.05, 0) is 43.8 Å². The summed E-state index contributed by atoms with van der Waals surface area (Å²) in [5, 5.41) is 11.9. The minimum absolute atomic E-state index is 0.217. The zero-order valence-electron chi connectivity index (χ0n) is 15.0. The third kappa shape index (κ3) is 2.96. The first-order valence-corrected chi connectivity index (χ1v) is 9.65. The van der Waals surface area contributed by atoms with Crippen LogP contribution >= 0.6 is 23.6 Å². The van der Waals surface area contributed by atoms with Gasteiger partial charge in [-0.15, -0.1) is 0 Å². The fourth-order valence-corrected chi connectivity index (χ4v) is 4.26. The van der Waals surface area contributed by atoms with Crippen LogP contribution in [0, 0.1) is 17.8 Å². The highest BCUT2D eigenvalue weighted by Gasteiger charge is 2.26. The van der Waals surface area contributed by atoms with Crippen LogP contribution in [-0.4, -0.2) is 21.6 Å². The maximum atomic E-state index is 12.5. The van der Waals surface area contributed by atoms with Crippen LogP contribution in [0.4, 0.5) is 0 Å². The Labute approximate surface area is 169 Å². The quantitative estimate of drug-likeness (QED) is 0.651. The first-order chi connectivity index (χ1) is 13.4. The molecule has 0 spiro atoms. The normalized spacial score (nSPS) is 12.6. The first kappa shape index (κ1) is 18.3. The molecule has 28 heavy (non-hydrogen) atoms. The van der Waals surface area contributed by atoms with Crippen LogP contribution in [0.25, 0.3) is 5.57 Å². The van der Waals surface area contributed by atoms with Crippen molar-refractivity contribution in [2.24, 2.45) is 4.99 Å². The summed E-state index contributed by atoms with van der Waals surface area (Å²) in [5.41, 5.74) is 5.21. The second-order valence-electron chi connectivity index (χ2n) is 6.43. The van der Waals surface area contributed by atoms with Crippen LogP contribution in [0.2, 0.25) is 0 Å². The van der Waals surface area contributed by atoms with E-state index in [0.29, 0.717) is 16.1 Å². The second kappa shape index (κ2) is 6.81. The molecule has 3 aromatic rings. The van der Waals surface area contributed by atoms with Gasteiger partial charge in [-0.1, -0.05) is 47.2 Å². The van der Waals surface area contributed by atoms with E-state index in [2.05, 4.69) is 10.4 Å². The lowest BCUT2D eigenvalue weighted by Crippen LogP contribution is -2.25. The van der Waals surface area contributed by atoms with Gasteiger partial charge in [-0.3, -0.25) is 15.0 Å². The maximum Gasteiger partial charge on any atom is 0.279 e. The highest BCUT2D eigenvalue weighted by molar-refractivity contribution is 7.73. The molecular weight excluding hydrogens is 394 g/mol. The molecule has 2 amide bonds. The summed E-state index contributed by atoms with van der Waals surface area (Å²) in [7, 11) is 0. The molecule has 140 valence electrons. The minimum atomic E-state index is -0.437. The minimum Gasteiger partial charge on any atom is -0.492 e. The van der Waals surface area contributed by atoms with Gasteiger partial charge in [0.2, 0.25) is 5.88 Å². The fraction of sp³-hybridized carbons (Fsp3) is 0.100. The van der Waals surface area contributed by atoms with Gasteiger partial charge in [0.15, 0.2) is 3.95 Å². The van der Waals surface area contributed by atoms with Crippen molar-refractivity contribution in [2.75, 3.05) is 5.43 Å². The van der Waals surface area contributed by atoms with Crippen LogP contribution in [0.1, 0.15) is 26.4 Å². The van der Waals surface area contributed by atoms with E-state index in [9.17, 15) is 14.7 Å². The molecule has 2 heterocycles. The number of aromatic hydroxyl groups is 1. The number of aryl methyl sites for hydroxylation is 2. The Kier molecular flexibility index (Phi) is 4.44. The van der Waals surface area contributed by atoms with Gasteiger partial charge in [-0.2, -0.15) is 4.68 Å². The van der Waals surface area contributed by atoms with Gasteiger partial charge < -0.3 is 5.11 Å². The van der Waals surface area contributed by atoms with E-state index < -0.39 is 11.8 Å². The smallest absolute Gasteiger partial charge is 0.279 e. The Bertz CT molecular complexity index is 1320. The molecular formula is C20H15N3O3S2. The monoisotopic (exact) mass is 409 g/mol. The number of thiazole rings is 1. The largest absolute Gasteiger partial charge is 0.492 e. The molecule has 4 rings (SSSR count). The van der Waals surface area contributed by atoms with Crippen molar-refractivity contribution in [1.29, 1.82) is 0 Å². The van der Waals surface area contributed by atoms with Crippen molar-refractivity contribution in [2.45, 2.75) is 13.8 Å². The van der Waals surface area contributed by atoms with Gasteiger partial charge in [0.1, 0.15) is 4.88 Å². The molecule has 0 bridgehead atoms. The molecule has 0 unspecified atom stereocenters. The molecule has 0 saturated carbocycles. The molecule has 0 radical (unpaired) electrons. The van der Waals surface area contributed by atoms with Gasteiger partial charge >= 0.3 is 0 Å². The van der Waals surface area contributed by atoms with Crippen LogP contribution in [0.5, 0.6) is 5.88 Å². The van der Waals surface area contributed by atoms with Gasteiger partial charge in [0.25, 0.3) is 11.8 Å². The summed E-state index contributed by atoms with van der Waals surface area (Å²) in [6.45, 7) is 3.79. The number of amides is 2. The Balaban J connectivity index is 1.79. The van der Waals surface area contributed by atoms with Crippen molar-refractivity contribution >= 4 is 40.9 Å². The molecule has 2 N–H and O–H groups in total. The molecule has 8 heteroatoms. The summed E-state index contributed by atoms with van der Waals surface area (Å²) < 4.78 is 1.33. The molecule has 0 saturated heterocycles. The second-order valence-corrected chi connectivity index (χ2v) is 8.07. The molecule has 6 nitrogen and oxygen atoms in total. The van der Waals surface area contributed by atoms with E-state index in [-0.39, 0.29) is 20.3 Å². The number of carbonyl (C=O) groups is 2. The average Bonchev–Trinajstić information content (AvgIpc) is 3.13. The molecule has 1 aliphatic rings. The summed E-state index contributed by atoms with van der Waals surface area (Å²) in [6, 6.07) is 12.5. The number of nitrogens with one attached hydrogen (secondary N) is 1. The van der Waals surface area contributed by atoms with Gasteiger partial charge in [-0.25, -0.2) is 4.99 Å². The number of rotatable bonds is 3. The zero-order chi connectivity index (χ0) is 20.0. The van der Waals surface area contributed by atoms with Crippen LogP contribution in [0.15, 0.2) is 47.5 Å². The molecule has 1 aliphatic heterocycles. The van der Waals surface area contributed by atoms with Crippen molar-refractivity contribution in [3.63, 3.8) is 0 Å². The third-order valence-corrected chi connectivity index (χ3v) is 5.86. The van der Waals surface area contributed by atoms with Crippen molar-refractivity contribution in [3.05, 3.63) is 78.6 Å². The first-order valence-electron chi connectivity index (χ1n) is 8.43. The van der Waals surface area contributed by atoms with Crippen molar-refractivity contribution < 1.29 is 14.7 Å². The Morgan fingerprint density at radius 2 is 1.89 bits per heavy atom. The molecule has 0 atom stereocenters. The number of benzene rings is 2. The summed E-state index contributed by atoms with van der Waals surface area (Å²) in [6.07, 6.45) is 0. The van der Waals surface area contributed by atoms with E-state index >= 15 is 0 Å². The molecule has 0 fully saturated rings. The van der Waals surface area contributed by atoms with E-state index in [0.717, 1.165) is 27.1 Å². The fourth-order valence-electron chi connectivity index (χ4n) is 3.00. The molecule has 2 aromatic carbocycles. The van der Waals surface area contributed by atoms with E-state index in [1.807, 2.05) is 38.1 Å². The number of hydrogen-bond acceptors (Lipinski definition) is 5. The number of hydrogen-bond donors (Lipinski definition) is 2. The maximum absolute atomic E-state index is 12.5. The summed E-state index contributed by atoms with van der Waals surface area (Å²) >= 11 is 6.35. The van der Waals surface area contributed by atoms with E-state index in [4.69, 9.17) is 12.2 Å². The number of nitrogens with zero attached hydrogens (tertiary/aromatic N) is 2. The van der Waals surface area contributed by atoms with Crippen molar-refractivity contribution in [3.8, 4) is 5.88 Å². The highest BCUT2D eigenvalue weighted by atomic mass is 32.1. The lowest BCUT2D eigenvalue weighted by Gasteiger charge is -2.08. The lowest BCUT2D eigenvalue weighted by atomic mass is 10.1. The number of fused-ring (bicyclic) bond motifs is 1. The van der Waals surface area contributed by atoms with Crippen molar-refractivity contribution in [1.82, 2.24) is 4.68 Å². The predicted octanol–water partition coefficient (Wildman–Crippen LogP) is 2.34. The van der Waals surface area contributed by atoms with E-state index in [1.54, 1.807) is 18.2 Å². The van der Waals surface area contributed by atoms with Crippen LogP contribution in [-0.2, 0) is 4.79 Å². The van der Waals surface area contributed by atoms with Gasteiger partial charge in [0, 0.05) is 10.8 Å². The standard InChI is InChI=1S/C20H15N3O3S2/c1-10-6-8-12(9-7-10)17(24)22-23-19(26)16(28-20(23)27)14-13-5-3-4-11(2)15(13)21-18(14)25/h3-9,26H,1-2H3,(H,22,24). The number of aromatic nitrogens is 1. The predicted molar refractivity (Wildman–Crippen MR) is 109 cm³/mol. The lowest BCUT2D eigenvalue weighted by molar-refractivity contribution is -0.112. The Morgan fingerprint density at radius 1 is 1.18 bits per heavy atom. The highest BCUT2D eigenvalue weighted by Crippen LogP contribution is 2.31. The Morgan fingerprint density at radius 3 is 2.61 bits per heavy atom. The third-order valence-electron chi connectivity index (χ3n) is 4.48. The molecule has 1 aromatic heterocycles. The van der Waals surface area contributed by atoms with Crippen LogP contribution in [0.3, 0.4) is 0 Å². The Hall–Kier alpha value is -3.10. The summed E-state index contributed by atoms with van der Waals surface area (Å²) in [4.78, 5) is 29.4. The molecule has 0 aliphatic carbocycles. The van der Waals surface area contributed by atoms with Crippen LogP contribution < -0.4 is 16.0 Å². The topological polar surface area (TPSA) is 83.7 Å². The van der Waals surface area contributed by atoms with E-state index in [1.165, 1.54) is 0 Å². The number of para-hydroxylation sites is 1. The number of carbonyl (C=O) groups excluding carboxylic acids is 2. The zero-order valence-corrected chi connectivity index (χ0v) is 16.6. The summed E-state index contributed by atoms with van der Waals surface area (Å²) in [5.74, 6) is -1.14. The van der Waals surface area contributed by atoms with Gasteiger partial charge in [0.05, 0.1) is 10.9 Å².